The maximum atomic E-state index is 11.4. The average molecular weight is 243 g/mol. The highest BCUT2D eigenvalue weighted by atomic mass is 16.5. The van der Waals surface area contributed by atoms with Gasteiger partial charge in [-0.1, -0.05) is 25.7 Å². The molecule has 0 heterocycles. The summed E-state index contributed by atoms with van der Waals surface area (Å²) in [5.74, 6) is -1.50. The molecular weight excluding hydrogens is 222 g/mol. The fourth-order valence-corrected chi connectivity index (χ4v) is 2.33. The highest BCUT2D eigenvalue weighted by Crippen LogP contribution is 2.23. The van der Waals surface area contributed by atoms with E-state index in [0.717, 1.165) is 32.1 Å². The van der Waals surface area contributed by atoms with Crippen molar-refractivity contribution in [2.75, 3.05) is 13.7 Å². The molecule has 5 heteroatoms. The van der Waals surface area contributed by atoms with Gasteiger partial charge in [-0.25, -0.2) is 0 Å². The molecule has 1 aliphatic rings. The van der Waals surface area contributed by atoms with Crippen LogP contribution < -0.4 is 5.32 Å². The summed E-state index contributed by atoms with van der Waals surface area (Å²) in [4.78, 5) is 22.6. The average Bonchev–Trinajstić information content (AvgIpc) is 2.22. The lowest BCUT2D eigenvalue weighted by Crippen LogP contribution is -2.45. The van der Waals surface area contributed by atoms with Crippen molar-refractivity contribution in [2.24, 2.45) is 5.92 Å². The lowest BCUT2D eigenvalue weighted by atomic mass is 9.87. The van der Waals surface area contributed by atoms with Crippen molar-refractivity contribution in [2.45, 2.75) is 44.6 Å². The molecule has 1 rings (SSSR count). The molecule has 2 atom stereocenters. The summed E-state index contributed by atoms with van der Waals surface area (Å²) in [6.07, 6.45) is 5.49. The van der Waals surface area contributed by atoms with E-state index in [0.29, 0.717) is 6.42 Å². The second-order valence-electron chi connectivity index (χ2n) is 4.54. The van der Waals surface area contributed by atoms with Gasteiger partial charge >= 0.3 is 5.97 Å². The molecule has 0 radical (unpaired) electrons. The smallest absolute Gasteiger partial charge is 0.308 e. The Morgan fingerprint density at radius 1 is 1.24 bits per heavy atom. The molecule has 0 aromatic heterocycles. The number of aliphatic carboxylic acids is 1. The summed E-state index contributed by atoms with van der Waals surface area (Å²) >= 11 is 0. The fourth-order valence-electron chi connectivity index (χ4n) is 2.33. The van der Waals surface area contributed by atoms with Crippen LogP contribution in [0.3, 0.4) is 0 Å². The van der Waals surface area contributed by atoms with Gasteiger partial charge in [0, 0.05) is 13.2 Å². The number of hydrogen-bond donors (Lipinski definition) is 2. The summed E-state index contributed by atoms with van der Waals surface area (Å²) in [7, 11) is 1.45. The minimum Gasteiger partial charge on any atom is -0.481 e. The zero-order valence-corrected chi connectivity index (χ0v) is 10.3. The number of nitrogens with one attached hydrogen (secondary N) is 1. The standard InChI is InChI=1S/C12H21NO4/c1-17-8-11(14)13-10-7-5-3-2-4-6-9(10)12(15)16/h9-10H,2-8H2,1H3,(H,13,14)(H,15,16). The molecule has 1 amide bonds. The molecule has 0 aliphatic heterocycles. The summed E-state index contributed by atoms with van der Waals surface area (Å²) in [5, 5.41) is 12.0. The van der Waals surface area contributed by atoms with E-state index in [2.05, 4.69) is 5.32 Å². The molecule has 1 aliphatic carbocycles. The zero-order valence-electron chi connectivity index (χ0n) is 10.3. The topological polar surface area (TPSA) is 75.6 Å². The van der Waals surface area contributed by atoms with Crippen LogP contribution in [-0.4, -0.2) is 36.7 Å². The Labute approximate surface area is 102 Å². The third kappa shape index (κ3) is 4.73. The van der Waals surface area contributed by atoms with Crippen molar-refractivity contribution < 1.29 is 19.4 Å². The van der Waals surface area contributed by atoms with E-state index >= 15 is 0 Å². The van der Waals surface area contributed by atoms with Gasteiger partial charge in [-0.3, -0.25) is 9.59 Å². The van der Waals surface area contributed by atoms with Gasteiger partial charge in [-0.15, -0.1) is 0 Å². The fraction of sp³-hybridized carbons (Fsp3) is 0.833. The third-order valence-corrected chi connectivity index (χ3v) is 3.20. The van der Waals surface area contributed by atoms with Gasteiger partial charge in [0.25, 0.3) is 0 Å². The molecule has 0 aromatic rings. The number of hydrogen-bond acceptors (Lipinski definition) is 3. The van der Waals surface area contributed by atoms with Crippen molar-refractivity contribution in [1.82, 2.24) is 5.32 Å². The van der Waals surface area contributed by atoms with Gasteiger partial charge < -0.3 is 15.2 Å². The monoisotopic (exact) mass is 243 g/mol. The number of amides is 1. The number of ether oxygens (including phenoxy) is 1. The Hall–Kier alpha value is -1.10. The van der Waals surface area contributed by atoms with Crippen LogP contribution >= 0.6 is 0 Å². The molecular formula is C12H21NO4. The van der Waals surface area contributed by atoms with Crippen LogP contribution in [-0.2, 0) is 14.3 Å². The molecule has 0 aromatic carbocycles. The largest absolute Gasteiger partial charge is 0.481 e. The Morgan fingerprint density at radius 2 is 1.88 bits per heavy atom. The molecule has 0 saturated heterocycles. The molecule has 0 bridgehead atoms. The predicted octanol–water partition coefficient (Wildman–Crippen LogP) is 1.17. The number of carboxylic acids is 1. The predicted molar refractivity (Wildman–Crippen MR) is 62.6 cm³/mol. The second kappa shape index (κ2) is 7.27. The minimum atomic E-state index is -0.811. The van der Waals surface area contributed by atoms with E-state index in [1.54, 1.807) is 0 Å². The number of carboxylic acid groups (broad SMARTS) is 1. The molecule has 1 fully saturated rings. The number of methoxy groups -OCH3 is 1. The maximum absolute atomic E-state index is 11.4. The van der Waals surface area contributed by atoms with Crippen LogP contribution in [0.1, 0.15) is 38.5 Å². The van der Waals surface area contributed by atoms with E-state index in [-0.39, 0.29) is 18.6 Å². The van der Waals surface area contributed by atoms with Gasteiger partial charge in [0.2, 0.25) is 5.91 Å². The Kier molecular flexibility index (Phi) is 5.97. The Morgan fingerprint density at radius 3 is 2.47 bits per heavy atom. The van der Waals surface area contributed by atoms with Gasteiger partial charge in [0.05, 0.1) is 5.92 Å². The summed E-state index contributed by atoms with van der Waals surface area (Å²) < 4.78 is 4.74. The highest BCUT2D eigenvalue weighted by molar-refractivity contribution is 5.79. The quantitative estimate of drug-likeness (QED) is 0.777. The summed E-state index contributed by atoms with van der Waals surface area (Å²) in [6, 6.07) is -0.254. The van der Waals surface area contributed by atoms with E-state index < -0.39 is 11.9 Å². The SMILES string of the molecule is COCC(=O)NC1CCCCCCC1C(=O)O. The van der Waals surface area contributed by atoms with Crippen LogP contribution in [0.4, 0.5) is 0 Å². The minimum absolute atomic E-state index is 0.0111. The normalized spacial score (nSPS) is 25.7. The molecule has 2 unspecified atom stereocenters. The van der Waals surface area contributed by atoms with Crippen molar-refractivity contribution in [1.29, 1.82) is 0 Å². The molecule has 5 nitrogen and oxygen atoms in total. The van der Waals surface area contributed by atoms with Crippen LogP contribution in [0.25, 0.3) is 0 Å². The van der Waals surface area contributed by atoms with Gasteiger partial charge in [0.15, 0.2) is 0 Å². The number of rotatable bonds is 4. The zero-order chi connectivity index (χ0) is 12.7. The Balaban J connectivity index is 2.59. The number of carbonyl (C=O) groups excluding carboxylic acids is 1. The summed E-state index contributed by atoms with van der Waals surface area (Å²) in [6.45, 7) is -0.0111. The first-order valence-electron chi connectivity index (χ1n) is 6.16. The first-order chi connectivity index (χ1) is 8.15. The van der Waals surface area contributed by atoms with E-state index in [4.69, 9.17) is 4.74 Å². The van der Waals surface area contributed by atoms with Gasteiger partial charge in [-0.05, 0) is 12.8 Å². The lowest BCUT2D eigenvalue weighted by Gasteiger charge is -2.27. The van der Waals surface area contributed by atoms with Crippen molar-refractivity contribution in [3.8, 4) is 0 Å². The van der Waals surface area contributed by atoms with E-state index in [1.807, 2.05) is 0 Å². The van der Waals surface area contributed by atoms with E-state index in [9.17, 15) is 14.7 Å². The van der Waals surface area contributed by atoms with Crippen LogP contribution in [0, 0.1) is 5.92 Å². The number of carbonyl (C=O) groups is 2. The van der Waals surface area contributed by atoms with Crippen LogP contribution in [0.2, 0.25) is 0 Å². The van der Waals surface area contributed by atoms with Crippen LogP contribution in [0.5, 0.6) is 0 Å². The molecule has 0 spiro atoms. The summed E-state index contributed by atoms with van der Waals surface area (Å²) in [5.41, 5.74) is 0. The van der Waals surface area contributed by atoms with Crippen LogP contribution in [0.15, 0.2) is 0 Å². The van der Waals surface area contributed by atoms with Crippen molar-refractivity contribution in [3.63, 3.8) is 0 Å². The first-order valence-corrected chi connectivity index (χ1v) is 6.16. The molecule has 1 saturated carbocycles. The molecule has 17 heavy (non-hydrogen) atoms. The second-order valence-corrected chi connectivity index (χ2v) is 4.54. The van der Waals surface area contributed by atoms with Crippen molar-refractivity contribution >= 4 is 11.9 Å². The van der Waals surface area contributed by atoms with Gasteiger partial charge in [0.1, 0.15) is 6.61 Å². The molecule has 98 valence electrons. The Bertz CT molecular complexity index is 267. The highest BCUT2D eigenvalue weighted by Gasteiger charge is 2.29. The van der Waals surface area contributed by atoms with Gasteiger partial charge in [-0.2, -0.15) is 0 Å². The molecule has 2 N–H and O–H groups in total. The van der Waals surface area contributed by atoms with E-state index in [1.165, 1.54) is 7.11 Å². The first kappa shape index (κ1) is 14.0. The van der Waals surface area contributed by atoms with Crippen molar-refractivity contribution in [3.05, 3.63) is 0 Å². The maximum Gasteiger partial charge on any atom is 0.308 e. The lowest BCUT2D eigenvalue weighted by molar-refractivity contribution is -0.143. The third-order valence-electron chi connectivity index (χ3n) is 3.20.